The lowest BCUT2D eigenvalue weighted by Crippen LogP contribution is -2.22. The molecule has 0 aliphatic carbocycles. The molecule has 0 atom stereocenters. The first-order chi connectivity index (χ1) is 9.34. The van der Waals surface area contributed by atoms with E-state index < -0.39 is 16.0 Å². The molecular weight excluding hydrogens is 282 g/mol. The van der Waals surface area contributed by atoms with E-state index >= 15 is 0 Å². The maximum absolute atomic E-state index is 11.8. The summed E-state index contributed by atoms with van der Waals surface area (Å²) in [6.07, 6.45) is 2.76. The fourth-order valence-corrected chi connectivity index (χ4v) is 2.31. The molecule has 0 unspecified atom stereocenters. The van der Waals surface area contributed by atoms with Crippen LogP contribution in [0.5, 0.6) is 0 Å². The summed E-state index contributed by atoms with van der Waals surface area (Å²) in [5, 5.41) is 11.5. The van der Waals surface area contributed by atoms with Crippen molar-refractivity contribution in [3.63, 3.8) is 0 Å². The lowest BCUT2D eigenvalue weighted by molar-refractivity contribution is -0.137. The number of carbonyl (C=O) groups is 1. The van der Waals surface area contributed by atoms with Crippen molar-refractivity contribution in [3.05, 3.63) is 18.3 Å². The Hall–Kier alpha value is -1.67. The van der Waals surface area contributed by atoms with Crippen LogP contribution >= 0.6 is 0 Å². The number of unbranched alkanes of at least 4 members (excludes halogenated alkanes) is 1. The van der Waals surface area contributed by atoms with Crippen LogP contribution in [0.4, 0.5) is 5.82 Å². The number of hydrogen-bond acceptors (Lipinski definition) is 5. The van der Waals surface area contributed by atoms with Gasteiger partial charge in [0, 0.05) is 33.3 Å². The second kappa shape index (κ2) is 7.20. The van der Waals surface area contributed by atoms with Gasteiger partial charge in [0.15, 0.2) is 0 Å². The Morgan fingerprint density at radius 2 is 2.05 bits per heavy atom. The van der Waals surface area contributed by atoms with Crippen molar-refractivity contribution in [2.75, 3.05) is 26.0 Å². The minimum absolute atomic E-state index is 0.138. The molecule has 2 N–H and O–H groups in total. The average Bonchev–Trinajstić information content (AvgIpc) is 2.38. The second-order valence-electron chi connectivity index (χ2n) is 4.44. The van der Waals surface area contributed by atoms with Crippen molar-refractivity contribution in [3.8, 4) is 0 Å². The molecule has 0 amide bonds. The minimum atomic E-state index is -3.45. The molecule has 0 fully saturated rings. The van der Waals surface area contributed by atoms with E-state index in [0.717, 1.165) is 4.31 Å². The van der Waals surface area contributed by atoms with E-state index in [1.807, 2.05) is 0 Å². The van der Waals surface area contributed by atoms with Gasteiger partial charge in [0.2, 0.25) is 10.0 Å². The smallest absolute Gasteiger partial charge is 0.303 e. The number of rotatable bonds is 8. The molecule has 1 aromatic heterocycles. The Bertz CT molecular complexity index is 540. The van der Waals surface area contributed by atoms with Crippen LogP contribution in [0, 0.1) is 0 Å². The molecule has 0 aromatic carbocycles. The number of carboxylic acids is 1. The molecule has 0 saturated heterocycles. The fraction of sp³-hybridized carbons (Fsp3) is 0.500. The number of aromatic nitrogens is 1. The van der Waals surface area contributed by atoms with E-state index in [-0.39, 0.29) is 11.3 Å². The summed E-state index contributed by atoms with van der Waals surface area (Å²) in [6.45, 7) is 0.597. The fourth-order valence-electron chi connectivity index (χ4n) is 1.47. The standard InChI is InChI=1S/C12H19N3O4S/c1-15(2)20(18,19)10-6-7-11(14-9-10)13-8-4-3-5-12(16)17/h6-7,9H,3-5,8H2,1-2H3,(H,13,14)(H,16,17). The summed E-state index contributed by atoms with van der Waals surface area (Å²) in [6, 6.07) is 3.08. The predicted octanol–water partition coefficient (Wildman–Crippen LogP) is 0.999. The summed E-state index contributed by atoms with van der Waals surface area (Å²) in [7, 11) is -0.530. The van der Waals surface area contributed by atoms with E-state index in [1.54, 1.807) is 6.07 Å². The molecule has 1 aromatic rings. The Morgan fingerprint density at radius 3 is 2.55 bits per heavy atom. The quantitative estimate of drug-likeness (QED) is 0.695. The Morgan fingerprint density at radius 1 is 1.35 bits per heavy atom. The normalized spacial score (nSPS) is 11.6. The van der Waals surface area contributed by atoms with E-state index in [9.17, 15) is 13.2 Å². The van der Waals surface area contributed by atoms with Gasteiger partial charge in [0.05, 0.1) is 0 Å². The molecule has 0 bridgehead atoms. The van der Waals surface area contributed by atoms with Gasteiger partial charge in [-0.1, -0.05) is 0 Å². The van der Waals surface area contributed by atoms with Gasteiger partial charge in [-0.15, -0.1) is 0 Å². The largest absolute Gasteiger partial charge is 0.481 e. The van der Waals surface area contributed by atoms with Crippen LogP contribution in [0.3, 0.4) is 0 Å². The molecule has 20 heavy (non-hydrogen) atoms. The van der Waals surface area contributed by atoms with Gasteiger partial charge in [-0.2, -0.15) is 0 Å². The maximum Gasteiger partial charge on any atom is 0.303 e. The zero-order chi connectivity index (χ0) is 15.2. The van der Waals surface area contributed by atoms with Crippen molar-refractivity contribution < 1.29 is 18.3 Å². The highest BCUT2D eigenvalue weighted by atomic mass is 32.2. The first-order valence-corrected chi connectivity index (χ1v) is 7.62. The summed E-state index contributed by atoms with van der Waals surface area (Å²) >= 11 is 0. The number of anilines is 1. The molecule has 8 heteroatoms. The summed E-state index contributed by atoms with van der Waals surface area (Å²) in [5.41, 5.74) is 0. The minimum Gasteiger partial charge on any atom is -0.481 e. The Labute approximate surface area is 118 Å². The highest BCUT2D eigenvalue weighted by Gasteiger charge is 2.17. The number of carboxylic acid groups (broad SMARTS) is 1. The molecule has 0 radical (unpaired) electrons. The van der Waals surface area contributed by atoms with Gasteiger partial charge in [-0.05, 0) is 25.0 Å². The number of hydrogen-bond donors (Lipinski definition) is 2. The van der Waals surface area contributed by atoms with Crippen LogP contribution in [0.25, 0.3) is 0 Å². The van der Waals surface area contributed by atoms with Gasteiger partial charge < -0.3 is 10.4 Å². The van der Waals surface area contributed by atoms with Gasteiger partial charge in [-0.3, -0.25) is 4.79 Å². The molecule has 7 nitrogen and oxygen atoms in total. The van der Waals surface area contributed by atoms with Crippen molar-refractivity contribution in [2.24, 2.45) is 0 Å². The van der Waals surface area contributed by atoms with Crippen LogP contribution < -0.4 is 5.32 Å². The number of aliphatic carboxylic acids is 1. The van der Waals surface area contributed by atoms with Gasteiger partial charge in [0.25, 0.3) is 0 Å². The molecule has 1 heterocycles. The maximum atomic E-state index is 11.8. The van der Waals surface area contributed by atoms with Gasteiger partial charge >= 0.3 is 5.97 Å². The zero-order valence-electron chi connectivity index (χ0n) is 11.5. The van der Waals surface area contributed by atoms with E-state index in [4.69, 9.17) is 5.11 Å². The average molecular weight is 301 g/mol. The van der Waals surface area contributed by atoms with E-state index in [2.05, 4.69) is 10.3 Å². The predicted molar refractivity (Wildman–Crippen MR) is 75.1 cm³/mol. The van der Waals surface area contributed by atoms with Crippen LogP contribution in [0.1, 0.15) is 19.3 Å². The third-order valence-electron chi connectivity index (χ3n) is 2.64. The summed E-state index contributed by atoms with van der Waals surface area (Å²) < 4.78 is 24.8. The van der Waals surface area contributed by atoms with E-state index in [1.165, 1.54) is 26.4 Å². The lowest BCUT2D eigenvalue weighted by atomic mass is 10.2. The SMILES string of the molecule is CN(C)S(=O)(=O)c1ccc(NCCCCC(=O)O)nc1. The van der Waals surface area contributed by atoms with Crippen molar-refractivity contribution in [2.45, 2.75) is 24.2 Å². The van der Waals surface area contributed by atoms with Crippen molar-refractivity contribution >= 4 is 21.8 Å². The van der Waals surface area contributed by atoms with Crippen LogP contribution in [-0.2, 0) is 14.8 Å². The van der Waals surface area contributed by atoms with Crippen LogP contribution in [0.15, 0.2) is 23.2 Å². The highest BCUT2D eigenvalue weighted by molar-refractivity contribution is 7.89. The Balaban J connectivity index is 2.49. The number of nitrogens with one attached hydrogen (secondary N) is 1. The number of nitrogens with zero attached hydrogens (tertiary/aromatic N) is 2. The monoisotopic (exact) mass is 301 g/mol. The lowest BCUT2D eigenvalue weighted by Gasteiger charge is -2.11. The molecule has 0 aliphatic rings. The third-order valence-corrected chi connectivity index (χ3v) is 4.44. The molecule has 112 valence electrons. The molecule has 1 rings (SSSR count). The van der Waals surface area contributed by atoms with Gasteiger partial charge in [0.1, 0.15) is 10.7 Å². The molecular formula is C12H19N3O4S. The third kappa shape index (κ3) is 4.78. The van der Waals surface area contributed by atoms with Crippen LogP contribution in [0.2, 0.25) is 0 Å². The topological polar surface area (TPSA) is 99.6 Å². The number of sulfonamides is 1. The molecule has 0 saturated carbocycles. The van der Waals surface area contributed by atoms with Crippen LogP contribution in [-0.4, -0.2) is 49.4 Å². The number of pyridine rings is 1. The first-order valence-electron chi connectivity index (χ1n) is 6.18. The molecule has 0 spiro atoms. The summed E-state index contributed by atoms with van der Waals surface area (Å²) in [5.74, 6) is -0.237. The first kappa shape index (κ1) is 16.4. The van der Waals surface area contributed by atoms with E-state index in [0.29, 0.717) is 25.2 Å². The summed E-state index contributed by atoms with van der Waals surface area (Å²) in [4.78, 5) is 14.5. The highest BCUT2D eigenvalue weighted by Crippen LogP contribution is 2.13. The molecule has 0 aliphatic heterocycles. The Kier molecular flexibility index (Phi) is 5.90. The van der Waals surface area contributed by atoms with Crippen molar-refractivity contribution in [1.82, 2.24) is 9.29 Å². The van der Waals surface area contributed by atoms with Crippen molar-refractivity contribution in [1.29, 1.82) is 0 Å². The van der Waals surface area contributed by atoms with Gasteiger partial charge in [-0.25, -0.2) is 17.7 Å². The second-order valence-corrected chi connectivity index (χ2v) is 6.60. The zero-order valence-corrected chi connectivity index (χ0v) is 12.4.